The van der Waals surface area contributed by atoms with E-state index in [9.17, 15) is 0 Å². The number of aromatic nitrogens is 2. The second-order valence-corrected chi connectivity index (χ2v) is 6.62. The van der Waals surface area contributed by atoms with Gasteiger partial charge in [0, 0.05) is 39.3 Å². The maximum atomic E-state index is 5.21. The van der Waals surface area contributed by atoms with Gasteiger partial charge < -0.3 is 20.4 Å². The van der Waals surface area contributed by atoms with E-state index >= 15 is 0 Å². The van der Waals surface area contributed by atoms with Crippen LogP contribution in [-0.2, 0) is 0 Å². The molecule has 0 bridgehead atoms. The van der Waals surface area contributed by atoms with Gasteiger partial charge in [-0.05, 0) is 50.7 Å². The smallest absolute Gasteiger partial charge is 0.232 e. The summed E-state index contributed by atoms with van der Waals surface area (Å²) in [7, 11) is 1.80. The number of nitrogens with one attached hydrogen (secondary N) is 2. The monoisotopic (exact) mass is 334 g/mol. The Kier molecular flexibility index (Phi) is 5.48. The van der Waals surface area contributed by atoms with Gasteiger partial charge in [-0.15, -0.1) is 0 Å². The minimum atomic E-state index is 0.547. The van der Waals surface area contributed by atoms with Crippen molar-refractivity contribution in [3.8, 4) is 0 Å². The van der Waals surface area contributed by atoms with Crippen molar-refractivity contribution >= 4 is 34.9 Å². The van der Waals surface area contributed by atoms with E-state index in [1.165, 1.54) is 38.5 Å². The molecule has 0 radical (unpaired) electrons. The third kappa shape index (κ3) is 4.22. The molecule has 1 aromatic rings. The number of thiocarbonyl (C=S) groups is 1. The summed E-state index contributed by atoms with van der Waals surface area (Å²) in [6.45, 7) is 4.30. The Morgan fingerprint density at radius 3 is 1.83 bits per heavy atom. The predicted molar refractivity (Wildman–Crippen MR) is 99.4 cm³/mol. The molecule has 23 heavy (non-hydrogen) atoms. The van der Waals surface area contributed by atoms with E-state index < -0.39 is 0 Å². The van der Waals surface area contributed by atoms with Crippen molar-refractivity contribution in [1.82, 2.24) is 15.3 Å². The maximum absolute atomic E-state index is 5.21. The molecule has 2 aliphatic rings. The molecule has 1 aromatic heterocycles. The largest absolute Gasteiger partial charge is 0.365 e. The number of hydrogen-bond acceptors (Lipinski definition) is 5. The third-order valence-corrected chi connectivity index (χ3v) is 4.82. The molecule has 0 aromatic carbocycles. The average molecular weight is 334 g/mol. The van der Waals surface area contributed by atoms with Crippen LogP contribution in [0, 0.1) is 0 Å². The highest BCUT2D eigenvalue weighted by molar-refractivity contribution is 7.80. The quantitative estimate of drug-likeness (QED) is 0.823. The Labute approximate surface area is 143 Å². The van der Waals surface area contributed by atoms with Crippen LogP contribution in [0.25, 0.3) is 0 Å². The van der Waals surface area contributed by atoms with Crippen LogP contribution in [0.1, 0.15) is 38.5 Å². The van der Waals surface area contributed by atoms with Crippen LogP contribution in [0.2, 0.25) is 0 Å². The topological polar surface area (TPSA) is 56.3 Å². The number of hydrogen-bond donors (Lipinski definition) is 2. The molecule has 0 atom stereocenters. The lowest BCUT2D eigenvalue weighted by atomic mass is 10.1. The lowest BCUT2D eigenvalue weighted by molar-refractivity contribution is 0.567. The molecule has 0 amide bonds. The van der Waals surface area contributed by atoms with E-state index in [-0.39, 0.29) is 0 Å². The van der Waals surface area contributed by atoms with Gasteiger partial charge in [-0.25, -0.2) is 0 Å². The molecule has 0 unspecified atom stereocenters. The SMILES string of the molecule is CNC(=S)Nc1nc(N2CCCCC2)cc(N2CCCCC2)n1. The van der Waals surface area contributed by atoms with Gasteiger partial charge in [0.05, 0.1) is 0 Å². The van der Waals surface area contributed by atoms with Crippen molar-refractivity contribution in [2.45, 2.75) is 38.5 Å². The normalized spacial score (nSPS) is 18.7. The number of piperidine rings is 2. The van der Waals surface area contributed by atoms with Crippen LogP contribution in [0.15, 0.2) is 6.07 Å². The van der Waals surface area contributed by atoms with Crippen molar-refractivity contribution in [3.05, 3.63) is 6.07 Å². The van der Waals surface area contributed by atoms with E-state index in [0.29, 0.717) is 11.1 Å². The zero-order valence-corrected chi connectivity index (χ0v) is 14.7. The standard InChI is InChI=1S/C16H26N6S/c1-17-16(23)20-15-18-13(21-8-4-2-5-9-21)12-14(19-15)22-10-6-3-7-11-22/h12H,2-11H2,1H3,(H2,17,18,19,20,23). The van der Waals surface area contributed by atoms with Crippen molar-refractivity contribution in [1.29, 1.82) is 0 Å². The van der Waals surface area contributed by atoms with Crippen molar-refractivity contribution in [2.24, 2.45) is 0 Å². The van der Waals surface area contributed by atoms with E-state index in [1.807, 2.05) is 0 Å². The first-order valence-corrected chi connectivity index (χ1v) is 9.05. The van der Waals surface area contributed by atoms with Crippen LogP contribution in [0.5, 0.6) is 0 Å². The average Bonchev–Trinajstić information content (AvgIpc) is 2.63. The van der Waals surface area contributed by atoms with E-state index in [0.717, 1.165) is 37.8 Å². The van der Waals surface area contributed by atoms with Gasteiger partial charge in [-0.3, -0.25) is 0 Å². The Morgan fingerprint density at radius 1 is 0.913 bits per heavy atom. The van der Waals surface area contributed by atoms with E-state index in [1.54, 1.807) is 7.05 Å². The Morgan fingerprint density at radius 2 is 1.39 bits per heavy atom. The number of nitrogens with zero attached hydrogens (tertiary/aromatic N) is 4. The second kappa shape index (κ2) is 7.77. The molecule has 2 fully saturated rings. The van der Waals surface area contributed by atoms with E-state index in [4.69, 9.17) is 12.2 Å². The minimum absolute atomic E-state index is 0.547. The van der Waals surface area contributed by atoms with Gasteiger partial charge in [0.25, 0.3) is 0 Å². The highest BCUT2D eigenvalue weighted by Gasteiger charge is 2.19. The molecule has 2 saturated heterocycles. The van der Waals surface area contributed by atoms with Crippen LogP contribution in [0.3, 0.4) is 0 Å². The van der Waals surface area contributed by atoms with Crippen LogP contribution >= 0.6 is 12.2 Å². The molecule has 126 valence electrons. The lowest BCUT2D eigenvalue weighted by Crippen LogP contribution is -2.33. The Balaban J connectivity index is 1.87. The molecule has 0 saturated carbocycles. The summed E-state index contributed by atoms with van der Waals surface area (Å²) in [5.74, 6) is 2.62. The fourth-order valence-electron chi connectivity index (χ4n) is 3.21. The van der Waals surface area contributed by atoms with E-state index in [2.05, 4.69) is 36.5 Å². The summed E-state index contributed by atoms with van der Waals surface area (Å²) >= 11 is 5.21. The molecule has 3 rings (SSSR count). The van der Waals surface area contributed by atoms with Gasteiger partial charge in [-0.1, -0.05) is 0 Å². The minimum Gasteiger partial charge on any atom is -0.365 e. The summed E-state index contributed by atoms with van der Waals surface area (Å²) < 4.78 is 0. The van der Waals surface area contributed by atoms with Crippen molar-refractivity contribution in [2.75, 3.05) is 48.3 Å². The third-order valence-electron chi connectivity index (χ3n) is 4.51. The summed E-state index contributed by atoms with van der Waals surface area (Å²) in [6, 6.07) is 2.14. The highest BCUT2D eigenvalue weighted by atomic mass is 32.1. The summed E-state index contributed by atoms with van der Waals surface area (Å²) in [5.41, 5.74) is 0. The van der Waals surface area contributed by atoms with Crippen LogP contribution in [-0.4, -0.2) is 48.3 Å². The molecule has 3 heterocycles. The molecule has 2 aliphatic heterocycles. The molecule has 0 spiro atoms. The lowest BCUT2D eigenvalue weighted by Gasteiger charge is -2.31. The van der Waals surface area contributed by atoms with Gasteiger partial charge in [0.1, 0.15) is 11.6 Å². The Bertz CT molecular complexity index is 501. The fourth-order valence-corrected chi connectivity index (χ4v) is 3.30. The van der Waals surface area contributed by atoms with Crippen molar-refractivity contribution in [3.63, 3.8) is 0 Å². The number of anilines is 3. The number of rotatable bonds is 3. The van der Waals surface area contributed by atoms with Crippen LogP contribution < -0.4 is 20.4 Å². The predicted octanol–water partition coefficient (Wildman–Crippen LogP) is 2.37. The zero-order chi connectivity index (χ0) is 16.1. The van der Waals surface area contributed by atoms with Gasteiger partial charge >= 0.3 is 0 Å². The summed E-state index contributed by atoms with van der Waals surface area (Å²) in [6.07, 6.45) is 7.58. The first kappa shape index (κ1) is 16.2. The van der Waals surface area contributed by atoms with Gasteiger partial charge in [-0.2, -0.15) is 9.97 Å². The molecule has 0 aliphatic carbocycles. The first-order chi connectivity index (χ1) is 11.3. The first-order valence-electron chi connectivity index (χ1n) is 8.64. The van der Waals surface area contributed by atoms with Crippen molar-refractivity contribution < 1.29 is 0 Å². The molecule has 2 N–H and O–H groups in total. The van der Waals surface area contributed by atoms with Gasteiger partial charge in [0.15, 0.2) is 5.11 Å². The molecule has 7 heteroatoms. The van der Waals surface area contributed by atoms with Gasteiger partial charge in [0.2, 0.25) is 5.95 Å². The molecular weight excluding hydrogens is 308 g/mol. The summed E-state index contributed by atoms with van der Waals surface area (Å²) in [5, 5.41) is 6.57. The summed E-state index contributed by atoms with van der Waals surface area (Å²) in [4.78, 5) is 14.1. The second-order valence-electron chi connectivity index (χ2n) is 6.21. The van der Waals surface area contributed by atoms with Crippen LogP contribution in [0.4, 0.5) is 17.6 Å². The maximum Gasteiger partial charge on any atom is 0.232 e. The Hall–Kier alpha value is -1.63. The highest BCUT2D eigenvalue weighted by Crippen LogP contribution is 2.25. The molecule has 6 nitrogen and oxygen atoms in total. The fraction of sp³-hybridized carbons (Fsp3) is 0.688. The zero-order valence-electron chi connectivity index (χ0n) is 13.8. The molecular formula is C16H26N6S.